The Labute approximate surface area is 230 Å². The first-order valence-electron chi connectivity index (χ1n) is 12.1. The Hall–Kier alpha value is -3.36. The second-order valence-corrected chi connectivity index (χ2v) is 9.95. The van der Waals surface area contributed by atoms with Crippen LogP contribution in [0.1, 0.15) is 34.9 Å². The fourth-order valence-corrected chi connectivity index (χ4v) is 4.93. The van der Waals surface area contributed by atoms with E-state index in [1.807, 2.05) is 0 Å². The third kappa shape index (κ3) is 5.10. The minimum absolute atomic E-state index is 0.00496. The first-order valence-corrected chi connectivity index (χ1v) is 12.5. The van der Waals surface area contributed by atoms with Gasteiger partial charge in [-0.05, 0) is 49.2 Å². The maximum atomic E-state index is 14.1. The third-order valence-corrected chi connectivity index (χ3v) is 7.03. The summed E-state index contributed by atoms with van der Waals surface area (Å²) in [6.07, 6.45) is -7.69. The number of hydrogen-bond donors (Lipinski definition) is 3. The lowest BCUT2D eigenvalue weighted by atomic mass is 9.92. The van der Waals surface area contributed by atoms with Gasteiger partial charge in [0, 0.05) is 16.8 Å². The molecule has 0 spiro atoms. The van der Waals surface area contributed by atoms with Crippen molar-refractivity contribution in [2.24, 2.45) is 0 Å². The monoisotopic (exact) mass is 581 g/mol. The number of rotatable bonds is 5. The van der Waals surface area contributed by atoms with Gasteiger partial charge in [0.1, 0.15) is 42.1 Å². The minimum atomic E-state index is -4.77. The summed E-state index contributed by atoms with van der Waals surface area (Å²) >= 11 is 6.02. The molecule has 9 nitrogen and oxygen atoms in total. The molecular formula is C26H24ClF4N5O4. The molecule has 14 heteroatoms. The van der Waals surface area contributed by atoms with Crippen LogP contribution < -0.4 is 0 Å². The van der Waals surface area contributed by atoms with Crippen molar-refractivity contribution in [3.8, 4) is 16.8 Å². The molecule has 0 radical (unpaired) electrons. The number of benzene rings is 2. The van der Waals surface area contributed by atoms with Gasteiger partial charge in [-0.15, -0.1) is 0 Å². The lowest BCUT2D eigenvalue weighted by Crippen LogP contribution is -2.53. The van der Waals surface area contributed by atoms with E-state index in [0.29, 0.717) is 16.7 Å². The van der Waals surface area contributed by atoms with Crippen molar-refractivity contribution in [3.05, 3.63) is 82.4 Å². The lowest BCUT2D eigenvalue weighted by molar-refractivity contribution is -0.210. The molecule has 40 heavy (non-hydrogen) atoms. The molecule has 2 aromatic heterocycles. The van der Waals surface area contributed by atoms with Gasteiger partial charge >= 0.3 is 6.18 Å². The average molecular weight is 582 g/mol. The van der Waals surface area contributed by atoms with Crippen LogP contribution in [0.3, 0.4) is 0 Å². The maximum absolute atomic E-state index is 14.1. The van der Waals surface area contributed by atoms with Crippen LogP contribution in [0.25, 0.3) is 16.8 Å². The summed E-state index contributed by atoms with van der Waals surface area (Å²) < 4.78 is 63.7. The van der Waals surface area contributed by atoms with E-state index in [1.165, 1.54) is 30.1 Å². The molecule has 2 aromatic carbocycles. The van der Waals surface area contributed by atoms with Crippen molar-refractivity contribution in [1.82, 2.24) is 24.5 Å². The molecule has 4 aromatic rings. The summed E-state index contributed by atoms with van der Waals surface area (Å²) in [4.78, 5) is 4.23. The van der Waals surface area contributed by atoms with Gasteiger partial charge in [-0.2, -0.15) is 23.4 Å². The Morgan fingerprint density at radius 1 is 1.05 bits per heavy atom. The SMILES string of the molecule is Cc1nc([C@@H]2O[C@H](CO)[C@H](O)[C@H](n3cc(-c4ccc(C)c(F)c4)cn3)[C@H]2O)n(-c2cc(Cl)ccc2C(F)(F)F)n1. The number of halogens is 5. The number of aryl methyl sites for hydroxylation is 2. The van der Waals surface area contributed by atoms with Crippen LogP contribution in [0, 0.1) is 19.7 Å². The Bertz CT molecular complexity index is 1540. The number of hydrogen-bond acceptors (Lipinski definition) is 7. The fraction of sp³-hybridized carbons (Fsp3) is 0.346. The lowest BCUT2D eigenvalue weighted by Gasteiger charge is -2.42. The van der Waals surface area contributed by atoms with E-state index >= 15 is 0 Å². The van der Waals surface area contributed by atoms with Crippen LogP contribution in [-0.4, -0.2) is 64.8 Å². The van der Waals surface area contributed by atoms with E-state index in [1.54, 1.807) is 19.1 Å². The van der Waals surface area contributed by atoms with Crippen LogP contribution in [0.4, 0.5) is 17.6 Å². The second kappa shape index (κ2) is 10.6. The molecule has 1 aliphatic rings. The summed E-state index contributed by atoms with van der Waals surface area (Å²) in [5.74, 6) is -0.559. The Morgan fingerprint density at radius 3 is 2.48 bits per heavy atom. The first-order chi connectivity index (χ1) is 18.9. The number of aliphatic hydroxyl groups excluding tert-OH is 3. The van der Waals surface area contributed by atoms with Gasteiger partial charge in [-0.1, -0.05) is 23.7 Å². The Balaban J connectivity index is 1.58. The van der Waals surface area contributed by atoms with Crippen LogP contribution in [-0.2, 0) is 10.9 Å². The van der Waals surface area contributed by atoms with Crippen molar-refractivity contribution in [2.75, 3.05) is 6.61 Å². The molecule has 5 atom stereocenters. The fourth-order valence-electron chi connectivity index (χ4n) is 4.76. The smallest absolute Gasteiger partial charge is 0.394 e. The predicted molar refractivity (Wildman–Crippen MR) is 134 cm³/mol. The van der Waals surface area contributed by atoms with Crippen LogP contribution in [0.15, 0.2) is 48.8 Å². The van der Waals surface area contributed by atoms with Crippen molar-refractivity contribution >= 4 is 11.6 Å². The largest absolute Gasteiger partial charge is 0.418 e. The van der Waals surface area contributed by atoms with Gasteiger partial charge < -0.3 is 20.1 Å². The van der Waals surface area contributed by atoms with Gasteiger partial charge in [0.2, 0.25) is 0 Å². The number of alkyl halides is 3. The zero-order valence-corrected chi connectivity index (χ0v) is 21.8. The van der Waals surface area contributed by atoms with E-state index in [9.17, 15) is 32.9 Å². The zero-order chi connectivity index (χ0) is 28.9. The minimum Gasteiger partial charge on any atom is -0.394 e. The Kier molecular flexibility index (Phi) is 7.44. The molecule has 1 aliphatic heterocycles. The quantitative estimate of drug-likeness (QED) is 0.305. The molecule has 212 valence electrons. The maximum Gasteiger partial charge on any atom is 0.418 e. The molecule has 0 unspecified atom stereocenters. The highest BCUT2D eigenvalue weighted by molar-refractivity contribution is 6.30. The number of aliphatic hydroxyl groups is 3. The molecule has 1 saturated heterocycles. The van der Waals surface area contributed by atoms with E-state index in [2.05, 4.69) is 15.2 Å². The molecule has 0 saturated carbocycles. The van der Waals surface area contributed by atoms with Gasteiger partial charge in [-0.25, -0.2) is 14.1 Å². The van der Waals surface area contributed by atoms with Crippen molar-refractivity contribution in [1.29, 1.82) is 0 Å². The molecular weight excluding hydrogens is 558 g/mol. The first kappa shape index (κ1) is 28.2. The summed E-state index contributed by atoms with van der Waals surface area (Å²) in [6, 6.07) is 6.33. The zero-order valence-electron chi connectivity index (χ0n) is 21.1. The molecule has 0 aliphatic carbocycles. The van der Waals surface area contributed by atoms with Gasteiger partial charge in [0.25, 0.3) is 0 Å². The van der Waals surface area contributed by atoms with E-state index < -0.39 is 60.3 Å². The van der Waals surface area contributed by atoms with E-state index in [-0.39, 0.29) is 16.7 Å². The highest BCUT2D eigenvalue weighted by atomic mass is 35.5. The summed E-state index contributed by atoms with van der Waals surface area (Å²) in [6.45, 7) is 2.38. The second-order valence-electron chi connectivity index (χ2n) is 9.51. The summed E-state index contributed by atoms with van der Waals surface area (Å²) in [5.41, 5.74) is -0.0674. The van der Waals surface area contributed by atoms with Crippen LogP contribution >= 0.6 is 11.6 Å². The standard InChI is InChI=1S/C26H24ClF4N5O4/c1-12-3-4-14(7-18(12)28)15-9-32-35(10-15)21-22(38)20(11-37)40-24(23(21)39)25-33-13(2)34-36(25)19-8-16(27)5-6-17(19)26(29,30)31/h3-10,20-24,37-39H,11H2,1-2H3/t20-,21+,22+,23-,24-/m1/s1. The van der Waals surface area contributed by atoms with E-state index in [4.69, 9.17) is 16.3 Å². The topological polar surface area (TPSA) is 118 Å². The molecule has 3 N–H and O–H groups in total. The van der Waals surface area contributed by atoms with Gasteiger partial charge in [0.15, 0.2) is 5.82 Å². The predicted octanol–water partition coefficient (Wildman–Crippen LogP) is 3.95. The highest BCUT2D eigenvalue weighted by Gasteiger charge is 2.48. The average Bonchev–Trinajstić information content (AvgIpc) is 3.52. The van der Waals surface area contributed by atoms with Gasteiger partial charge in [0.05, 0.1) is 24.1 Å². The molecule has 0 amide bonds. The summed E-state index contributed by atoms with van der Waals surface area (Å²) in [7, 11) is 0. The Morgan fingerprint density at radius 2 is 1.80 bits per heavy atom. The van der Waals surface area contributed by atoms with Gasteiger partial charge in [-0.3, -0.25) is 4.68 Å². The highest BCUT2D eigenvalue weighted by Crippen LogP contribution is 2.41. The molecule has 5 rings (SSSR count). The van der Waals surface area contributed by atoms with Crippen LogP contribution in [0.5, 0.6) is 0 Å². The van der Waals surface area contributed by atoms with Crippen molar-refractivity contribution in [3.63, 3.8) is 0 Å². The number of ether oxygens (including phenoxy) is 1. The normalized spacial score (nSPS) is 23.5. The number of nitrogens with zero attached hydrogens (tertiary/aromatic N) is 5. The third-order valence-electron chi connectivity index (χ3n) is 6.79. The number of aromatic nitrogens is 5. The van der Waals surface area contributed by atoms with Crippen molar-refractivity contribution in [2.45, 2.75) is 50.5 Å². The molecule has 1 fully saturated rings. The van der Waals surface area contributed by atoms with Crippen LogP contribution in [0.2, 0.25) is 5.02 Å². The van der Waals surface area contributed by atoms with Crippen molar-refractivity contribution < 1.29 is 37.6 Å². The molecule has 3 heterocycles. The van der Waals surface area contributed by atoms with E-state index in [0.717, 1.165) is 22.9 Å². The summed E-state index contributed by atoms with van der Waals surface area (Å²) in [5, 5.41) is 40.7. The molecule has 0 bridgehead atoms.